The first-order valence-electron chi connectivity index (χ1n) is 11.1. The molecule has 2 atom stereocenters. The van der Waals surface area contributed by atoms with Crippen LogP contribution < -0.4 is 0 Å². The first-order chi connectivity index (χ1) is 13.5. The van der Waals surface area contributed by atoms with Crippen LogP contribution in [0.4, 0.5) is 0 Å². The Kier molecular flexibility index (Phi) is 7.04. The van der Waals surface area contributed by atoms with E-state index >= 15 is 0 Å². The van der Waals surface area contributed by atoms with E-state index in [9.17, 15) is 10.2 Å². The summed E-state index contributed by atoms with van der Waals surface area (Å²) in [5, 5.41) is 19.7. The van der Waals surface area contributed by atoms with Crippen LogP contribution in [0.25, 0.3) is 0 Å². The molecule has 0 aliphatic heterocycles. The normalized spacial score (nSPS) is 24.1. The Morgan fingerprint density at radius 3 is 1.57 bits per heavy atom. The summed E-state index contributed by atoms with van der Waals surface area (Å²) in [6, 6.07) is 15.7. The number of rotatable bonds is 2. The van der Waals surface area contributed by atoms with Crippen molar-refractivity contribution in [3.05, 3.63) is 59.7 Å². The number of phenols is 2. The van der Waals surface area contributed by atoms with Gasteiger partial charge in [0.2, 0.25) is 0 Å². The van der Waals surface area contributed by atoms with Gasteiger partial charge in [0, 0.05) is 5.41 Å². The Hall–Kier alpha value is -1.96. The molecule has 1 aliphatic rings. The van der Waals surface area contributed by atoms with Crippen LogP contribution in [0.3, 0.4) is 0 Å². The molecule has 2 nitrogen and oxygen atoms in total. The SMILES string of the molecule is CC1CCCCCCC(c2ccc(O)cc2)(c2ccc(O)cc2)CCCC1C. The van der Waals surface area contributed by atoms with Gasteiger partial charge in [-0.3, -0.25) is 0 Å². The number of benzene rings is 2. The highest BCUT2D eigenvalue weighted by Crippen LogP contribution is 2.43. The van der Waals surface area contributed by atoms with Crippen molar-refractivity contribution >= 4 is 0 Å². The molecule has 0 radical (unpaired) electrons. The highest BCUT2D eigenvalue weighted by molar-refractivity contribution is 5.43. The lowest BCUT2D eigenvalue weighted by Gasteiger charge is -2.37. The lowest BCUT2D eigenvalue weighted by molar-refractivity contribution is 0.296. The Morgan fingerprint density at radius 1 is 0.607 bits per heavy atom. The molecule has 0 amide bonds. The van der Waals surface area contributed by atoms with E-state index in [0.717, 1.165) is 24.7 Å². The Morgan fingerprint density at radius 2 is 1.04 bits per heavy atom. The zero-order valence-corrected chi connectivity index (χ0v) is 17.5. The van der Waals surface area contributed by atoms with Crippen LogP contribution >= 0.6 is 0 Å². The van der Waals surface area contributed by atoms with Crippen molar-refractivity contribution < 1.29 is 10.2 Å². The molecule has 0 spiro atoms. The minimum Gasteiger partial charge on any atom is -0.508 e. The van der Waals surface area contributed by atoms with Gasteiger partial charge >= 0.3 is 0 Å². The molecule has 0 bridgehead atoms. The van der Waals surface area contributed by atoms with Crippen LogP contribution in [0, 0.1) is 11.8 Å². The molecular formula is C26H36O2. The third-order valence-electron chi connectivity index (χ3n) is 7.09. The average Bonchev–Trinajstić information content (AvgIpc) is 2.69. The molecule has 2 aromatic rings. The smallest absolute Gasteiger partial charge is 0.115 e. The maximum Gasteiger partial charge on any atom is 0.115 e. The quantitative estimate of drug-likeness (QED) is 0.579. The molecule has 1 aliphatic carbocycles. The molecule has 152 valence electrons. The van der Waals surface area contributed by atoms with Crippen molar-refractivity contribution in [3.8, 4) is 11.5 Å². The fourth-order valence-electron chi connectivity index (χ4n) is 4.97. The van der Waals surface area contributed by atoms with Gasteiger partial charge in [-0.25, -0.2) is 0 Å². The van der Waals surface area contributed by atoms with Crippen molar-refractivity contribution in [1.29, 1.82) is 0 Å². The summed E-state index contributed by atoms with van der Waals surface area (Å²) < 4.78 is 0. The molecule has 1 fully saturated rings. The fourth-order valence-corrected chi connectivity index (χ4v) is 4.97. The topological polar surface area (TPSA) is 40.5 Å². The van der Waals surface area contributed by atoms with Gasteiger partial charge in [-0.15, -0.1) is 0 Å². The predicted octanol–water partition coefficient (Wildman–Crippen LogP) is 7.18. The standard InChI is InChI=1S/C26H36O2/c1-20-8-5-3-4-6-18-26(19-7-9-21(20)2,22-10-14-24(27)15-11-22)23-12-16-25(28)17-13-23/h10-17,20-21,27-28H,3-9,18-19H2,1-2H3. The third kappa shape index (κ3) is 4.90. The Labute approximate surface area is 170 Å². The molecule has 0 heterocycles. The molecule has 2 unspecified atom stereocenters. The lowest BCUT2D eigenvalue weighted by Crippen LogP contribution is -2.28. The Bertz CT molecular complexity index is 672. The highest BCUT2D eigenvalue weighted by Gasteiger charge is 2.34. The van der Waals surface area contributed by atoms with E-state index in [1.165, 1.54) is 56.1 Å². The molecule has 2 N–H and O–H groups in total. The molecular weight excluding hydrogens is 344 g/mol. The van der Waals surface area contributed by atoms with Gasteiger partial charge in [-0.1, -0.05) is 83.1 Å². The largest absolute Gasteiger partial charge is 0.508 e. The van der Waals surface area contributed by atoms with Gasteiger partial charge in [0.25, 0.3) is 0 Å². The van der Waals surface area contributed by atoms with Crippen LogP contribution in [0.15, 0.2) is 48.5 Å². The molecule has 1 saturated carbocycles. The molecule has 2 aromatic carbocycles. The maximum atomic E-state index is 9.83. The number of aromatic hydroxyl groups is 2. The van der Waals surface area contributed by atoms with Gasteiger partial charge in [-0.05, 0) is 60.1 Å². The summed E-state index contributed by atoms with van der Waals surface area (Å²) in [4.78, 5) is 0. The molecule has 2 heteroatoms. The van der Waals surface area contributed by atoms with Crippen LogP contribution in [-0.4, -0.2) is 10.2 Å². The van der Waals surface area contributed by atoms with Crippen LogP contribution in [0.1, 0.15) is 82.8 Å². The molecule has 0 aromatic heterocycles. The van der Waals surface area contributed by atoms with Crippen molar-refractivity contribution in [2.24, 2.45) is 11.8 Å². The summed E-state index contributed by atoms with van der Waals surface area (Å²) >= 11 is 0. The van der Waals surface area contributed by atoms with Crippen molar-refractivity contribution in [2.75, 3.05) is 0 Å². The number of hydrogen-bond donors (Lipinski definition) is 2. The average molecular weight is 381 g/mol. The van der Waals surface area contributed by atoms with Gasteiger partial charge in [0.15, 0.2) is 0 Å². The first-order valence-corrected chi connectivity index (χ1v) is 11.1. The predicted molar refractivity (Wildman–Crippen MR) is 117 cm³/mol. The third-order valence-corrected chi connectivity index (χ3v) is 7.09. The number of hydrogen-bond acceptors (Lipinski definition) is 2. The van der Waals surface area contributed by atoms with E-state index < -0.39 is 0 Å². The van der Waals surface area contributed by atoms with Crippen LogP contribution in [0.5, 0.6) is 11.5 Å². The second-order valence-electron chi connectivity index (χ2n) is 8.98. The van der Waals surface area contributed by atoms with Gasteiger partial charge in [0.05, 0.1) is 0 Å². The van der Waals surface area contributed by atoms with E-state index in [1.54, 1.807) is 0 Å². The zero-order valence-electron chi connectivity index (χ0n) is 17.5. The van der Waals surface area contributed by atoms with Crippen molar-refractivity contribution in [1.82, 2.24) is 0 Å². The minimum absolute atomic E-state index is 0.0520. The van der Waals surface area contributed by atoms with E-state index in [1.807, 2.05) is 24.3 Å². The van der Waals surface area contributed by atoms with E-state index in [-0.39, 0.29) is 5.41 Å². The van der Waals surface area contributed by atoms with E-state index in [2.05, 4.69) is 38.1 Å². The summed E-state index contributed by atoms with van der Waals surface area (Å²) in [5.74, 6) is 2.20. The fraction of sp³-hybridized carbons (Fsp3) is 0.538. The minimum atomic E-state index is -0.0520. The van der Waals surface area contributed by atoms with E-state index in [0.29, 0.717) is 11.5 Å². The second-order valence-corrected chi connectivity index (χ2v) is 8.98. The van der Waals surface area contributed by atoms with E-state index in [4.69, 9.17) is 0 Å². The number of phenolic OH excluding ortho intramolecular Hbond substituents is 2. The van der Waals surface area contributed by atoms with Crippen LogP contribution in [-0.2, 0) is 5.41 Å². The molecule has 3 rings (SSSR count). The van der Waals surface area contributed by atoms with Gasteiger partial charge < -0.3 is 10.2 Å². The van der Waals surface area contributed by atoms with Gasteiger partial charge in [0.1, 0.15) is 11.5 Å². The van der Waals surface area contributed by atoms with Crippen LogP contribution in [0.2, 0.25) is 0 Å². The van der Waals surface area contributed by atoms with Crippen molar-refractivity contribution in [3.63, 3.8) is 0 Å². The van der Waals surface area contributed by atoms with Gasteiger partial charge in [-0.2, -0.15) is 0 Å². The molecule has 0 saturated heterocycles. The summed E-state index contributed by atoms with van der Waals surface area (Å²) in [7, 11) is 0. The van der Waals surface area contributed by atoms with Crippen molar-refractivity contribution in [2.45, 2.75) is 77.0 Å². The highest BCUT2D eigenvalue weighted by atomic mass is 16.3. The summed E-state index contributed by atoms with van der Waals surface area (Å²) in [6.45, 7) is 4.84. The molecule has 28 heavy (non-hydrogen) atoms. The summed E-state index contributed by atoms with van der Waals surface area (Å²) in [5.41, 5.74) is 2.52. The second kappa shape index (κ2) is 9.49. The maximum absolute atomic E-state index is 9.83. The summed E-state index contributed by atoms with van der Waals surface area (Å²) in [6.07, 6.45) is 11.2. The zero-order chi connectivity index (χ0) is 20.0. The monoisotopic (exact) mass is 380 g/mol. The first kappa shape index (κ1) is 20.8. The lowest BCUT2D eigenvalue weighted by atomic mass is 9.67. The Balaban J connectivity index is 1.98.